The van der Waals surface area contributed by atoms with Gasteiger partial charge in [0.05, 0.1) is 0 Å². The molecule has 0 unspecified atom stereocenters. The molecular weight excluding hydrogens is 280 g/mol. The zero-order chi connectivity index (χ0) is 16.8. The van der Waals surface area contributed by atoms with Crippen LogP contribution in [0, 0.1) is 0 Å². The average Bonchev–Trinajstić information content (AvgIpc) is 2.47. The number of hydrogen-bond donors (Lipinski definition) is 2. The quantitative estimate of drug-likeness (QED) is 0.695. The Morgan fingerprint density at radius 3 is 1.30 bits per heavy atom. The van der Waals surface area contributed by atoms with E-state index in [0.29, 0.717) is 11.1 Å². The van der Waals surface area contributed by atoms with E-state index >= 15 is 0 Å². The molecule has 3 fully saturated rings. The lowest BCUT2D eigenvalue weighted by atomic mass is 9.83. The summed E-state index contributed by atoms with van der Waals surface area (Å²) in [6, 6.07) is 1.74. The van der Waals surface area contributed by atoms with Crippen molar-refractivity contribution in [2.75, 3.05) is 0 Å². The molecule has 1 aliphatic heterocycles. The van der Waals surface area contributed by atoms with Crippen LogP contribution in [-0.2, 0) is 0 Å². The molecule has 0 bridgehead atoms. The molecule has 0 atom stereocenters. The van der Waals surface area contributed by atoms with E-state index in [1.807, 2.05) is 0 Å². The lowest BCUT2D eigenvalue weighted by molar-refractivity contribution is 0.183. The Labute approximate surface area is 145 Å². The van der Waals surface area contributed by atoms with E-state index in [1.54, 1.807) is 0 Å². The standard InChI is InChI=1S/C12H23N.C9H19N/c1-3-7-11(8-4-1)13-12-9-5-2-6-10-12;1-8(2)6-5-7-9(3,4)10-8/h11-13H,1-10H2;10H,5-7H2,1-4H3. The van der Waals surface area contributed by atoms with Gasteiger partial charge in [0.1, 0.15) is 0 Å². The molecule has 0 amide bonds. The fourth-order valence-corrected chi connectivity index (χ4v) is 4.89. The highest BCUT2D eigenvalue weighted by atomic mass is 15.0. The zero-order valence-corrected chi connectivity index (χ0v) is 16.3. The highest BCUT2D eigenvalue weighted by Crippen LogP contribution is 2.27. The molecule has 2 N–H and O–H groups in total. The van der Waals surface area contributed by atoms with Crippen molar-refractivity contribution in [3.63, 3.8) is 0 Å². The first-order chi connectivity index (χ1) is 10.9. The fraction of sp³-hybridized carbons (Fsp3) is 1.00. The predicted molar refractivity (Wildman–Crippen MR) is 102 cm³/mol. The predicted octanol–water partition coefficient (Wildman–Crippen LogP) is 5.56. The lowest BCUT2D eigenvalue weighted by Gasteiger charge is -2.42. The van der Waals surface area contributed by atoms with Gasteiger partial charge in [-0.25, -0.2) is 0 Å². The summed E-state index contributed by atoms with van der Waals surface area (Å²) in [5, 5.41) is 7.49. The first kappa shape index (κ1) is 19.2. The third-order valence-electron chi connectivity index (χ3n) is 5.96. The molecule has 2 heteroatoms. The van der Waals surface area contributed by atoms with Crippen LogP contribution in [0.5, 0.6) is 0 Å². The van der Waals surface area contributed by atoms with Gasteiger partial charge in [0.15, 0.2) is 0 Å². The molecule has 0 aromatic carbocycles. The van der Waals surface area contributed by atoms with Gasteiger partial charge in [-0.15, -0.1) is 0 Å². The largest absolute Gasteiger partial charge is 0.311 e. The minimum absolute atomic E-state index is 0.363. The van der Waals surface area contributed by atoms with Crippen molar-refractivity contribution < 1.29 is 0 Å². The normalized spacial score (nSPS) is 28.7. The summed E-state index contributed by atoms with van der Waals surface area (Å²) in [7, 11) is 0. The van der Waals surface area contributed by atoms with Gasteiger partial charge in [-0.1, -0.05) is 38.5 Å². The monoisotopic (exact) mass is 322 g/mol. The van der Waals surface area contributed by atoms with E-state index in [0.717, 1.165) is 12.1 Å². The maximum absolute atomic E-state index is 3.86. The Kier molecular flexibility index (Phi) is 7.41. The van der Waals surface area contributed by atoms with Crippen LogP contribution in [0.4, 0.5) is 0 Å². The Hall–Kier alpha value is -0.0800. The summed E-state index contributed by atoms with van der Waals surface area (Å²) in [4.78, 5) is 0. The van der Waals surface area contributed by atoms with E-state index in [1.165, 1.54) is 83.5 Å². The lowest BCUT2D eigenvalue weighted by Crippen LogP contribution is -2.55. The van der Waals surface area contributed by atoms with E-state index in [9.17, 15) is 0 Å². The maximum Gasteiger partial charge on any atom is 0.0130 e. The molecule has 1 heterocycles. The van der Waals surface area contributed by atoms with Crippen molar-refractivity contribution >= 4 is 0 Å². The molecule has 2 nitrogen and oxygen atoms in total. The van der Waals surface area contributed by atoms with E-state index in [4.69, 9.17) is 0 Å². The summed E-state index contributed by atoms with van der Waals surface area (Å²) in [5.41, 5.74) is 0.726. The molecule has 2 aliphatic carbocycles. The highest BCUT2D eigenvalue weighted by molar-refractivity contribution is 4.92. The van der Waals surface area contributed by atoms with Gasteiger partial charge in [0.2, 0.25) is 0 Å². The van der Waals surface area contributed by atoms with E-state index < -0.39 is 0 Å². The summed E-state index contributed by atoms with van der Waals surface area (Å²) in [5.74, 6) is 0. The van der Waals surface area contributed by atoms with Crippen LogP contribution in [0.3, 0.4) is 0 Å². The second-order valence-corrected chi connectivity index (χ2v) is 9.58. The summed E-state index contributed by atoms with van der Waals surface area (Å²) in [6.45, 7) is 9.14. The molecule has 1 saturated heterocycles. The number of piperidine rings is 1. The molecule has 23 heavy (non-hydrogen) atoms. The fourth-order valence-electron chi connectivity index (χ4n) is 4.89. The van der Waals surface area contributed by atoms with Crippen molar-refractivity contribution in [2.24, 2.45) is 0 Å². The summed E-state index contributed by atoms with van der Waals surface area (Å²) in [6.07, 6.45) is 18.6. The smallest absolute Gasteiger partial charge is 0.0130 e. The zero-order valence-electron chi connectivity index (χ0n) is 16.3. The Morgan fingerprint density at radius 2 is 1.00 bits per heavy atom. The van der Waals surface area contributed by atoms with Crippen molar-refractivity contribution in [3.8, 4) is 0 Å². The Morgan fingerprint density at radius 1 is 0.609 bits per heavy atom. The minimum Gasteiger partial charge on any atom is -0.311 e. The van der Waals surface area contributed by atoms with Gasteiger partial charge in [-0.3, -0.25) is 0 Å². The highest BCUT2D eigenvalue weighted by Gasteiger charge is 2.31. The third kappa shape index (κ3) is 7.56. The van der Waals surface area contributed by atoms with Crippen molar-refractivity contribution in [1.29, 1.82) is 0 Å². The molecule has 0 radical (unpaired) electrons. The molecule has 136 valence electrons. The van der Waals surface area contributed by atoms with E-state index in [2.05, 4.69) is 38.3 Å². The second-order valence-electron chi connectivity index (χ2n) is 9.58. The molecule has 0 aromatic rings. The van der Waals surface area contributed by atoms with Gasteiger partial charge >= 0.3 is 0 Å². The molecule has 2 saturated carbocycles. The molecule has 0 aromatic heterocycles. The van der Waals surface area contributed by atoms with Crippen LogP contribution in [0.15, 0.2) is 0 Å². The van der Waals surface area contributed by atoms with Crippen molar-refractivity contribution in [2.45, 2.75) is 134 Å². The van der Waals surface area contributed by atoms with Crippen LogP contribution >= 0.6 is 0 Å². The van der Waals surface area contributed by atoms with Gasteiger partial charge in [-0.2, -0.15) is 0 Å². The van der Waals surface area contributed by atoms with Gasteiger partial charge in [0, 0.05) is 23.2 Å². The number of nitrogens with one attached hydrogen (secondary N) is 2. The molecular formula is C21H42N2. The maximum atomic E-state index is 3.86. The van der Waals surface area contributed by atoms with Gasteiger partial charge < -0.3 is 10.6 Å². The Balaban J connectivity index is 0.000000174. The van der Waals surface area contributed by atoms with Gasteiger partial charge in [-0.05, 0) is 72.6 Å². The topological polar surface area (TPSA) is 24.1 Å². The Bertz CT molecular complexity index is 293. The minimum atomic E-state index is 0.363. The SMILES string of the molecule is C1CCC(NC2CCCCC2)CC1.CC1(C)CCCC(C)(C)N1. The van der Waals surface area contributed by atoms with Crippen LogP contribution < -0.4 is 10.6 Å². The summed E-state index contributed by atoms with van der Waals surface area (Å²) >= 11 is 0. The van der Waals surface area contributed by atoms with Gasteiger partial charge in [0.25, 0.3) is 0 Å². The number of hydrogen-bond acceptors (Lipinski definition) is 2. The first-order valence-electron chi connectivity index (χ1n) is 10.4. The molecule has 3 rings (SSSR count). The van der Waals surface area contributed by atoms with Crippen molar-refractivity contribution in [3.05, 3.63) is 0 Å². The number of rotatable bonds is 2. The average molecular weight is 323 g/mol. The summed E-state index contributed by atoms with van der Waals surface area (Å²) < 4.78 is 0. The third-order valence-corrected chi connectivity index (χ3v) is 5.96. The molecule has 3 aliphatic rings. The van der Waals surface area contributed by atoms with Crippen LogP contribution in [-0.4, -0.2) is 23.2 Å². The van der Waals surface area contributed by atoms with Crippen LogP contribution in [0.2, 0.25) is 0 Å². The second kappa shape index (κ2) is 8.85. The van der Waals surface area contributed by atoms with E-state index in [-0.39, 0.29) is 0 Å². The van der Waals surface area contributed by atoms with Crippen LogP contribution in [0.25, 0.3) is 0 Å². The van der Waals surface area contributed by atoms with Crippen molar-refractivity contribution in [1.82, 2.24) is 10.6 Å². The van der Waals surface area contributed by atoms with Crippen LogP contribution in [0.1, 0.15) is 111 Å². The first-order valence-corrected chi connectivity index (χ1v) is 10.4. The molecule has 0 spiro atoms.